The topological polar surface area (TPSA) is 76.5 Å². The third-order valence-electron chi connectivity index (χ3n) is 6.76. The molecular weight excluding hydrogens is 481 g/mol. The van der Waals surface area contributed by atoms with E-state index in [0.717, 1.165) is 56.3 Å². The van der Waals surface area contributed by atoms with Gasteiger partial charge in [0.1, 0.15) is 5.82 Å². The molecule has 0 saturated carbocycles. The third kappa shape index (κ3) is 7.27. The van der Waals surface area contributed by atoms with Crippen molar-refractivity contribution in [2.45, 2.75) is 70.3 Å². The summed E-state index contributed by atoms with van der Waals surface area (Å²) in [7, 11) is 0. The van der Waals surface area contributed by atoms with Crippen molar-refractivity contribution in [3.63, 3.8) is 0 Å². The van der Waals surface area contributed by atoms with Crippen molar-refractivity contribution >= 4 is 17.2 Å². The number of halogens is 3. The minimum absolute atomic E-state index is 0.219. The number of nitrogens with one attached hydrogen (secondary N) is 2. The Kier molecular flexibility index (Phi) is 8.14. The Morgan fingerprint density at radius 1 is 0.946 bits per heavy atom. The number of nitriles is 1. The highest BCUT2D eigenvalue weighted by Crippen LogP contribution is 2.35. The van der Waals surface area contributed by atoms with E-state index in [9.17, 15) is 13.2 Å². The van der Waals surface area contributed by atoms with Gasteiger partial charge >= 0.3 is 6.18 Å². The second-order valence-corrected chi connectivity index (χ2v) is 10.7. The molecule has 2 aromatic rings. The monoisotopic (exact) mass is 516 g/mol. The van der Waals surface area contributed by atoms with Crippen LogP contribution in [0.1, 0.15) is 57.6 Å². The molecule has 10 heteroatoms. The summed E-state index contributed by atoms with van der Waals surface area (Å²) >= 11 is 0. The molecule has 1 aromatic carbocycles. The number of alkyl halides is 3. The van der Waals surface area contributed by atoms with Gasteiger partial charge in [-0.2, -0.15) is 23.9 Å². The van der Waals surface area contributed by atoms with E-state index in [4.69, 9.17) is 10.1 Å². The quantitative estimate of drug-likeness (QED) is 0.502. The number of benzene rings is 1. The van der Waals surface area contributed by atoms with Crippen LogP contribution in [0.3, 0.4) is 0 Å². The van der Waals surface area contributed by atoms with Gasteiger partial charge in [-0.3, -0.25) is 4.84 Å². The molecule has 2 aliphatic heterocycles. The van der Waals surface area contributed by atoms with Crippen LogP contribution in [0.2, 0.25) is 0 Å². The van der Waals surface area contributed by atoms with Gasteiger partial charge in [0, 0.05) is 61.9 Å². The Bertz CT molecular complexity index is 1090. The molecule has 0 atom stereocenters. The predicted octanol–water partition coefficient (Wildman–Crippen LogP) is 5.34. The molecule has 4 rings (SSSR count). The molecular formula is C27H35F3N6O. The molecule has 0 radical (unpaired) electrons. The molecule has 1 aromatic heterocycles. The van der Waals surface area contributed by atoms with Crippen LogP contribution in [-0.2, 0) is 11.0 Å². The summed E-state index contributed by atoms with van der Waals surface area (Å²) in [6.45, 7) is 9.13. The van der Waals surface area contributed by atoms with Crippen molar-refractivity contribution in [1.29, 1.82) is 5.26 Å². The second-order valence-electron chi connectivity index (χ2n) is 10.7. The second kappa shape index (κ2) is 11.2. The van der Waals surface area contributed by atoms with Gasteiger partial charge in [0.25, 0.3) is 0 Å². The van der Waals surface area contributed by atoms with Crippen LogP contribution in [0.4, 0.5) is 30.4 Å². The van der Waals surface area contributed by atoms with Crippen LogP contribution in [-0.4, -0.2) is 48.8 Å². The van der Waals surface area contributed by atoms with E-state index >= 15 is 0 Å². The zero-order chi connectivity index (χ0) is 26.6. The molecule has 2 saturated heterocycles. The largest absolute Gasteiger partial charge is 0.417 e. The van der Waals surface area contributed by atoms with E-state index in [2.05, 4.69) is 26.7 Å². The Labute approximate surface area is 216 Å². The zero-order valence-electron chi connectivity index (χ0n) is 21.6. The van der Waals surface area contributed by atoms with E-state index in [1.807, 2.05) is 37.9 Å². The number of hydrogen-bond donors (Lipinski definition) is 2. The van der Waals surface area contributed by atoms with Crippen LogP contribution in [0, 0.1) is 11.3 Å². The summed E-state index contributed by atoms with van der Waals surface area (Å²) in [6, 6.07) is 10.2. The summed E-state index contributed by atoms with van der Waals surface area (Å²) in [5, 5.41) is 12.6. The van der Waals surface area contributed by atoms with Gasteiger partial charge in [-0.15, -0.1) is 0 Å². The number of hydrogen-bond acceptors (Lipinski definition) is 7. The van der Waals surface area contributed by atoms with Crippen molar-refractivity contribution in [3.05, 3.63) is 47.7 Å². The molecule has 0 unspecified atom stereocenters. The van der Waals surface area contributed by atoms with Gasteiger partial charge in [-0.1, -0.05) is 0 Å². The minimum Gasteiger partial charge on any atom is -0.382 e. The number of aromatic nitrogens is 1. The lowest BCUT2D eigenvalue weighted by atomic mass is 10.0. The number of pyridine rings is 1. The maximum Gasteiger partial charge on any atom is 0.417 e. The highest BCUT2D eigenvalue weighted by Gasteiger charge is 2.34. The standard InChI is InChI=1S/C27H35F3N6O/c1-26(2,3)37-34-21-9-14-36(15-10-21)25-16-22(6-11-32-25)33-20-7-12-35(13-8-20)23-5-4-19(18-31)24(17-23)27(28,29)30/h4-6,11,16-17,20-21,34H,7-10,12-15H2,1-3H3,(H,32,33). The van der Waals surface area contributed by atoms with Crippen molar-refractivity contribution in [2.24, 2.45) is 0 Å². The Morgan fingerprint density at radius 3 is 2.22 bits per heavy atom. The average Bonchev–Trinajstić information content (AvgIpc) is 2.87. The fraction of sp³-hybridized carbons (Fsp3) is 0.556. The highest BCUT2D eigenvalue weighted by atomic mass is 19.4. The number of nitrogens with zero attached hydrogens (tertiary/aromatic N) is 4. The van der Waals surface area contributed by atoms with Gasteiger partial charge in [-0.05, 0) is 70.7 Å². The molecule has 2 aliphatic rings. The van der Waals surface area contributed by atoms with Crippen molar-refractivity contribution in [2.75, 3.05) is 41.3 Å². The molecule has 2 fully saturated rings. The lowest BCUT2D eigenvalue weighted by Crippen LogP contribution is -2.45. The molecule has 0 aliphatic carbocycles. The first-order chi connectivity index (χ1) is 17.5. The third-order valence-corrected chi connectivity index (χ3v) is 6.76. The molecule has 0 amide bonds. The first-order valence-electron chi connectivity index (χ1n) is 12.8. The van der Waals surface area contributed by atoms with E-state index in [1.165, 1.54) is 6.07 Å². The van der Waals surface area contributed by atoms with Gasteiger partial charge < -0.3 is 15.1 Å². The van der Waals surface area contributed by atoms with Gasteiger partial charge in [0.2, 0.25) is 0 Å². The van der Waals surface area contributed by atoms with Gasteiger partial charge in [0.15, 0.2) is 0 Å². The number of anilines is 3. The summed E-state index contributed by atoms with van der Waals surface area (Å²) in [4.78, 5) is 14.5. The van der Waals surface area contributed by atoms with Crippen molar-refractivity contribution < 1.29 is 18.0 Å². The minimum atomic E-state index is -4.55. The molecule has 2 N–H and O–H groups in total. The molecule has 0 spiro atoms. The SMILES string of the molecule is CC(C)(C)ONC1CCN(c2cc(NC3CCN(c4ccc(C#N)c(C(F)(F)F)c4)CC3)ccn2)CC1. The highest BCUT2D eigenvalue weighted by molar-refractivity contribution is 5.56. The van der Waals surface area contributed by atoms with Crippen LogP contribution in [0.15, 0.2) is 36.5 Å². The maximum atomic E-state index is 13.4. The van der Waals surface area contributed by atoms with Crippen LogP contribution in [0.25, 0.3) is 0 Å². The van der Waals surface area contributed by atoms with E-state index in [0.29, 0.717) is 24.8 Å². The van der Waals surface area contributed by atoms with Gasteiger partial charge in [0.05, 0.1) is 22.8 Å². The van der Waals surface area contributed by atoms with Crippen molar-refractivity contribution in [1.82, 2.24) is 10.5 Å². The van der Waals surface area contributed by atoms with Crippen LogP contribution in [0.5, 0.6) is 0 Å². The van der Waals surface area contributed by atoms with E-state index in [-0.39, 0.29) is 17.2 Å². The molecule has 200 valence electrons. The van der Waals surface area contributed by atoms with E-state index < -0.39 is 11.7 Å². The molecule has 0 bridgehead atoms. The summed E-state index contributed by atoms with van der Waals surface area (Å²) in [6.07, 6.45) is 0.799. The summed E-state index contributed by atoms with van der Waals surface area (Å²) < 4.78 is 40.1. The Balaban J connectivity index is 1.30. The summed E-state index contributed by atoms with van der Waals surface area (Å²) in [5.41, 5.74) is 3.25. The Morgan fingerprint density at radius 2 is 1.59 bits per heavy atom. The fourth-order valence-corrected chi connectivity index (χ4v) is 4.75. The van der Waals surface area contributed by atoms with Crippen molar-refractivity contribution in [3.8, 4) is 6.07 Å². The maximum absolute atomic E-state index is 13.4. The number of rotatable bonds is 6. The first kappa shape index (κ1) is 27.0. The lowest BCUT2D eigenvalue weighted by Gasteiger charge is -2.35. The molecule has 37 heavy (non-hydrogen) atoms. The van der Waals surface area contributed by atoms with E-state index in [1.54, 1.807) is 12.1 Å². The zero-order valence-corrected chi connectivity index (χ0v) is 21.6. The summed E-state index contributed by atoms with van der Waals surface area (Å²) in [5.74, 6) is 0.940. The molecule has 7 nitrogen and oxygen atoms in total. The molecule has 3 heterocycles. The first-order valence-corrected chi connectivity index (χ1v) is 12.8. The number of hydroxylamine groups is 1. The fourth-order valence-electron chi connectivity index (χ4n) is 4.75. The average molecular weight is 517 g/mol. The Hall–Kier alpha value is -3.03. The van der Waals surface area contributed by atoms with Crippen LogP contribution < -0.4 is 20.6 Å². The van der Waals surface area contributed by atoms with Crippen LogP contribution >= 0.6 is 0 Å². The van der Waals surface area contributed by atoms with Gasteiger partial charge in [-0.25, -0.2) is 4.98 Å². The number of piperidine rings is 2. The lowest BCUT2D eigenvalue weighted by molar-refractivity contribution is -0.137. The smallest absolute Gasteiger partial charge is 0.382 e. The normalized spacial score (nSPS) is 18.1. The predicted molar refractivity (Wildman–Crippen MR) is 138 cm³/mol.